The van der Waals surface area contributed by atoms with E-state index in [0.717, 1.165) is 68.4 Å². The molecule has 45 heavy (non-hydrogen) atoms. The fourth-order valence-corrected chi connectivity index (χ4v) is 9.57. The molecule has 3 aromatic rings. The van der Waals surface area contributed by atoms with Crippen LogP contribution < -0.4 is 15.5 Å². The number of rotatable bonds is 6. The number of carbonyl (C=O) groups excluding carboxylic acids is 1. The SMILES string of the molecule is O=C1c2sc(-c3nc(Nc4ccc(N5CCC6(CNC6)C5)cc4C4CC4)ncc3C(F)(F)F)cc2S(=O)(=O)CCN1C1COC1. The third kappa shape index (κ3) is 5.17. The number of sulfone groups is 1. The number of anilines is 3. The molecule has 15 heteroatoms. The maximum atomic E-state index is 14.2. The van der Waals surface area contributed by atoms with Gasteiger partial charge in [0, 0.05) is 55.7 Å². The number of nitrogens with one attached hydrogen (secondary N) is 2. The Balaban J connectivity index is 1.14. The highest BCUT2D eigenvalue weighted by Crippen LogP contribution is 2.47. The number of benzene rings is 1. The van der Waals surface area contributed by atoms with Gasteiger partial charge in [-0.3, -0.25) is 4.79 Å². The topological polar surface area (TPSA) is 117 Å². The summed E-state index contributed by atoms with van der Waals surface area (Å²) in [6, 6.07) is 7.02. The van der Waals surface area contributed by atoms with Crippen molar-refractivity contribution in [1.82, 2.24) is 20.2 Å². The molecule has 8 rings (SSSR count). The Morgan fingerprint density at radius 2 is 1.93 bits per heavy atom. The van der Waals surface area contributed by atoms with Gasteiger partial charge in [-0.1, -0.05) is 0 Å². The normalized spacial score (nSPS) is 22.6. The first-order valence-corrected chi connectivity index (χ1v) is 17.5. The average Bonchev–Trinajstić information content (AvgIpc) is 3.53. The molecule has 0 unspecified atom stereocenters. The maximum Gasteiger partial charge on any atom is 0.420 e. The quantitative estimate of drug-likeness (QED) is 0.400. The van der Waals surface area contributed by atoms with Crippen LogP contribution in [-0.2, 0) is 20.8 Å². The van der Waals surface area contributed by atoms with Crippen molar-refractivity contribution in [3.63, 3.8) is 0 Å². The standard InChI is InChI=1S/C30H31F3N6O4S2/c31-30(32,33)21-11-35-28(36-22-4-3-18(9-20(22)17-1-2-17)38-6-5-29(16-38)14-34-15-29)37-25(21)23-10-24-26(44-23)27(40)39(19-12-43-13-19)7-8-45(24,41)42/h3-4,9-11,17,19,34H,1-2,5-8,12-16H2,(H,35,36,37). The molecule has 238 valence electrons. The number of aromatic nitrogens is 2. The van der Waals surface area contributed by atoms with Gasteiger partial charge in [0.15, 0.2) is 9.84 Å². The lowest BCUT2D eigenvalue weighted by molar-refractivity contribution is -0.137. The minimum atomic E-state index is -4.81. The Morgan fingerprint density at radius 1 is 1.13 bits per heavy atom. The summed E-state index contributed by atoms with van der Waals surface area (Å²) in [5.74, 6) is -0.546. The second-order valence-corrected chi connectivity index (χ2v) is 15.8. The Labute approximate surface area is 261 Å². The number of thiophene rings is 1. The van der Waals surface area contributed by atoms with Gasteiger partial charge in [-0.2, -0.15) is 13.2 Å². The number of halogens is 3. The van der Waals surface area contributed by atoms with E-state index in [2.05, 4.69) is 31.6 Å². The molecular formula is C30H31F3N6O4S2. The van der Waals surface area contributed by atoms with Gasteiger partial charge in [0.2, 0.25) is 5.95 Å². The first-order chi connectivity index (χ1) is 21.5. The predicted octanol–water partition coefficient (Wildman–Crippen LogP) is 4.27. The molecule has 1 aliphatic carbocycles. The highest BCUT2D eigenvalue weighted by Gasteiger charge is 2.44. The first kappa shape index (κ1) is 29.2. The molecule has 5 aliphatic rings. The third-order valence-electron chi connectivity index (χ3n) is 9.58. The van der Waals surface area contributed by atoms with E-state index in [4.69, 9.17) is 4.74 Å². The van der Waals surface area contributed by atoms with Crippen LogP contribution in [0.15, 0.2) is 35.4 Å². The van der Waals surface area contributed by atoms with Gasteiger partial charge in [0.05, 0.1) is 40.5 Å². The minimum absolute atomic E-state index is 0.000734. The zero-order valence-corrected chi connectivity index (χ0v) is 25.8. The number of hydrogen-bond acceptors (Lipinski definition) is 10. The van der Waals surface area contributed by atoms with E-state index >= 15 is 0 Å². The van der Waals surface area contributed by atoms with Crippen LogP contribution in [0.25, 0.3) is 10.6 Å². The highest BCUT2D eigenvalue weighted by molar-refractivity contribution is 7.91. The summed E-state index contributed by atoms with van der Waals surface area (Å²) in [5, 5.41) is 6.53. The molecule has 1 spiro atoms. The van der Waals surface area contributed by atoms with Crippen molar-refractivity contribution in [3.8, 4) is 10.6 Å². The molecule has 10 nitrogen and oxygen atoms in total. The number of alkyl halides is 3. The van der Waals surface area contributed by atoms with E-state index in [9.17, 15) is 26.4 Å². The van der Waals surface area contributed by atoms with Gasteiger partial charge in [0.1, 0.15) is 10.4 Å². The Hall–Kier alpha value is -3.27. The monoisotopic (exact) mass is 660 g/mol. The van der Waals surface area contributed by atoms with Crippen LogP contribution >= 0.6 is 11.3 Å². The Morgan fingerprint density at radius 3 is 2.58 bits per heavy atom. The summed E-state index contributed by atoms with van der Waals surface area (Å²) in [5.41, 5.74) is 1.70. The highest BCUT2D eigenvalue weighted by atomic mass is 32.2. The molecule has 3 saturated heterocycles. The molecule has 1 amide bonds. The molecule has 1 saturated carbocycles. The van der Waals surface area contributed by atoms with Gasteiger partial charge in [0.25, 0.3) is 5.91 Å². The van der Waals surface area contributed by atoms with Crippen LogP contribution in [0.2, 0.25) is 0 Å². The van der Waals surface area contributed by atoms with Crippen LogP contribution in [0.3, 0.4) is 0 Å². The van der Waals surface area contributed by atoms with Gasteiger partial charge < -0.3 is 25.2 Å². The molecule has 6 heterocycles. The number of amides is 1. The van der Waals surface area contributed by atoms with Crippen LogP contribution in [0, 0.1) is 5.41 Å². The lowest BCUT2D eigenvalue weighted by Gasteiger charge is -2.39. The Kier molecular flexibility index (Phi) is 6.72. The number of hydrogen-bond donors (Lipinski definition) is 2. The van der Waals surface area contributed by atoms with Crippen molar-refractivity contribution in [1.29, 1.82) is 0 Å². The second kappa shape index (κ2) is 10.4. The van der Waals surface area contributed by atoms with E-state index in [0.29, 0.717) is 42.1 Å². The van der Waals surface area contributed by atoms with Gasteiger partial charge in [-0.15, -0.1) is 11.3 Å². The van der Waals surface area contributed by atoms with E-state index in [1.165, 1.54) is 4.90 Å². The van der Waals surface area contributed by atoms with Gasteiger partial charge >= 0.3 is 6.18 Å². The van der Waals surface area contributed by atoms with Crippen molar-refractivity contribution >= 4 is 44.4 Å². The van der Waals surface area contributed by atoms with Gasteiger partial charge in [-0.05, 0) is 55.0 Å². The second-order valence-electron chi connectivity index (χ2n) is 12.7. The first-order valence-electron chi connectivity index (χ1n) is 15.1. The number of nitrogens with zero attached hydrogens (tertiary/aromatic N) is 4. The summed E-state index contributed by atoms with van der Waals surface area (Å²) in [6.45, 7) is 4.63. The molecule has 1 aromatic carbocycles. The van der Waals surface area contributed by atoms with Crippen LogP contribution in [0.1, 0.15) is 46.0 Å². The fourth-order valence-electron chi connectivity index (χ4n) is 6.66. The molecule has 0 atom stereocenters. The lowest BCUT2D eigenvalue weighted by atomic mass is 9.81. The average molecular weight is 661 g/mol. The molecular weight excluding hydrogens is 629 g/mol. The third-order valence-corrected chi connectivity index (χ3v) is 12.6. The summed E-state index contributed by atoms with van der Waals surface area (Å²) in [7, 11) is -3.92. The minimum Gasteiger partial charge on any atom is -0.377 e. The van der Waals surface area contributed by atoms with Crippen LogP contribution in [0.5, 0.6) is 0 Å². The van der Waals surface area contributed by atoms with E-state index in [1.807, 2.05) is 12.1 Å². The van der Waals surface area contributed by atoms with Crippen molar-refractivity contribution in [2.45, 2.75) is 42.3 Å². The smallest absolute Gasteiger partial charge is 0.377 e. The molecule has 2 N–H and O–H groups in total. The predicted molar refractivity (Wildman–Crippen MR) is 162 cm³/mol. The number of carbonyl (C=O) groups is 1. The van der Waals surface area contributed by atoms with Crippen LogP contribution in [-0.4, -0.2) is 86.9 Å². The molecule has 4 fully saturated rings. The summed E-state index contributed by atoms with van der Waals surface area (Å²) in [4.78, 5) is 25.1. The summed E-state index contributed by atoms with van der Waals surface area (Å²) >= 11 is 0.714. The maximum absolute atomic E-state index is 14.2. The van der Waals surface area contributed by atoms with Crippen LogP contribution in [0.4, 0.5) is 30.5 Å². The lowest BCUT2D eigenvalue weighted by Crippen LogP contribution is -2.54. The summed E-state index contributed by atoms with van der Waals surface area (Å²) < 4.78 is 74.2. The molecule has 4 aliphatic heterocycles. The van der Waals surface area contributed by atoms with Crippen molar-refractivity contribution in [2.24, 2.45) is 5.41 Å². The zero-order valence-electron chi connectivity index (χ0n) is 24.2. The molecule has 0 bridgehead atoms. The van der Waals surface area contributed by atoms with Crippen molar-refractivity contribution in [2.75, 3.05) is 61.9 Å². The number of fused-ring (bicyclic) bond motifs is 1. The molecule has 2 aromatic heterocycles. The molecule has 0 radical (unpaired) electrons. The van der Waals surface area contributed by atoms with Crippen molar-refractivity contribution in [3.05, 3.63) is 46.5 Å². The fraction of sp³-hybridized carbons (Fsp3) is 0.500. The summed E-state index contributed by atoms with van der Waals surface area (Å²) in [6.07, 6.45) is -0.896. The van der Waals surface area contributed by atoms with Gasteiger partial charge in [-0.25, -0.2) is 18.4 Å². The Bertz CT molecular complexity index is 1800. The number of ether oxygens (including phenoxy) is 1. The van der Waals surface area contributed by atoms with E-state index in [-0.39, 0.29) is 38.9 Å². The van der Waals surface area contributed by atoms with Crippen molar-refractivity contribution < 1.29 is 31.1 Å². The van der Waals surface area contributed by atoms with E-state index < -0.39 is 33.2 Å². The largest absolute Gasteiger partial charge is 0.420 e. The zero-order chi connectivity index (χ0) is 31.1. The van der Waals surface area contributed by atoms with E-state index in [1.54, 1.807) is 0 Å².